The summed E-state index contributed by atoms with van der Waals surface area (Å²) in [6, 6.07) is 0. The summed E-state index contributed by atoms with van der Waals surface area (Å²) < 4.78 is 4.97. The van der Waals surface area contributed by atoms with Gasteiger partial charge in [-0.25, -0.2) is 0 Å². The Morgan fingerprint density at radius 3 is 2.50 bits per heavy atom. The number of ether oxygens (including phenoxy) is 1. The first-order valence-electron chi connectivity index (χ1n) is 3.91. The number of thioether (sulfide) groups is 1. The average molecular weight is 197 g/mol. The first kappa shape index (κ1) is 12.8. The molecule has 0 atom stereocenters. The van der Waals surface area contributed by atoms with E-state index in [0.29, 0.717) is 6.61 Å². The van der Waals surface area contributed by atoms with Crippen molar-refractivity contribution in [2.45, 2.75) is 19.8 Å². The van der Waals surface area contributed by atoms with Gasteiger partial charge in [-0.2, -0.15) is 11.8 Å². The molecule has 0 unspecified atom stereocenters. The van der Waals surface area contributed by atoms with Crippen molar-refractivity contribution in [2.24, 2.45) is 5.41 Å². The normalized spacial score (nSPS) is 17.8. The number of rotatable bonds is 4. The molecule has 0 saturated heterocycles. The second-order valence-corrected chi connectivity index (χ2v) is 3.80. The maximum Gasteiger partial charge on any atom is 0.312 e. The summed E-state index contributed by atoms with van der Waals surface area (Å²) in [5.41, 5.74) is -0.0879. The Bertz CT molecular complexity index is 157. The Hall–Kier alpha value is 0.820. The minimum Gasteiger partial charge on any atom is -0.466 e. The van der Waals surface area contributed by atoms with Crippen molar-refractivity contribution in [2.75, 3.05) is 18.6 Å². The molecule has 12 heavy (non-hydrogen) atoms. The first-order chi connectivity index (χ1) is 5.25. The molecule has 2 nitrogen and oxygen atoms in total. The van der Waals surface area contributed by atoms with Crippen LogP contribution in [0.1, 0.15) is 19.8 Å². The summed E-state index contributed by atoms with van der Waals surface area (Å²) >= 11 is 1.72. The molecule has 0 heterocycles. The molecule has 1 radical (unpaired) electrons. The van der Waals surface area contributed by atoms with Crippen LogP contribution in [0.4, 0.5) is 0 Å². The SMILES string of the molecule is CCOC(=O)C1(CSC)CC1.[Na]. The molecule has 0 aliphatic heterocycles. The van der Waals surface area contributed by atoms with Crippen molar-refractivity contribution in [1.29, 1.82) is 0 Å². The standard InChI is InChI=1S/C8H14O2S.Na/c1-3-10-7(9)8(4-5-8)6-11-2;/h3-6H2,1-2H3;. The third kappa shape index (κ3) is 2.95. The van der Waals surface area contributed by atoms with Gasteiger partial charge >= 0.3 is 5.97 Å². The van der Waals surface area contributed by atoms with Gasteiger partial charge in [0, 0.05) is 35.3 Å². The molecule has 1 fully saturated rings. The number of carbonyl (C=O) groups is 1. The molecule has 4 heteroatoms. The second-order valence-electron chi connectivity index (χ2n) is 2.93. The Balaban J connectivity index is 0.00000121. The van der Waals surface area contributed by atoms with E-state index in [9.17, 15) is 4.79 Å². The van der Waals surface area contributed by atoms with Crippen LogP contribution < -0.4 is 0 Å². The van der Waals surface area contributed by atoms with Gasteiger partial charge in [0.15, 0.2) is 0 Å². The summed E-state index contributed by atoms with van der Waals surface area (Å²) in [6.07, 6.45) is 4.07. The van der Waals surface area contributed by atoms with E-state index in [1.165, 1.54) is 0 Å². The van der Waals surface area contributed by atoms with E-state index in [4.69, 9.17) is 4.74 Å². The number of hydrogen-bond acceptors (Lipinski definition) is 3. The fourth-order valence-corrected chi connectivity index (χ4v) is 2.08. The third-order valence-electron chi connectivity index (χ3n) is 1.98. The summed E-state index contributed by atoms with van der Waals surface area (Å²) in [5, 5.41) is 0. The van der Waals surface area contributed by atoms with Gasteiger partial charge in [0.05, 0.1) is 12.0 Å². The van der Waals surface area contributed by atoms with Crippen LogP contribution in [0.2, 0.25) is 0 Å². The van der Waals surface area contributed by atoms with Gasteiger partial charge in [0.2, 0.25) is 0 Å². The van der Waals surface area contributed by atoms with Crippen LogP contribution in [0, 0.1) is 5.41 Å². The fourth-order valence-electron chi connectivity index (χ4n) is 1.12. The van der Waals surface area contributed by atoms with Gasteiger partial charge in [0.1, 0.15) is 0 Å². The molecule has 0 amide bonds. The molecule has 0 bridgehead atoms. The molecule has 0 aromatic carbocycles. The second kappa shape index (κ2) is 5.53. The quantitative estimate of drug-likeness (QED) is 0.502. The Labute approximate surface area is 100 Å². The Morgan fingerprint density at radius 2 is 2.17 bits per heavy atom. The van der Waals surface area contributed by atoms with E-state index >= 15 is 0 Å². The van der Waals surface area contributed by atoms with E-state index < -0.39 is 0 Å². The maximum atomic E-state index is 11.3. The van der Waals surface area contributed by atoms with E-state index in [2.05, 4.69) is 0 Å². The van der Waals surface area contributed by atoms with Crippen molar-refractivity contribution in [1.82, 2.24) is 0 Å². The number of hydrogen-bond donors (Lipinski definition) is 0. The molecule has 0 aromatic heterocycles. The number of carbonyl (C=O) groups excluding carboxylic acids is 1. The topological polar surface area (TPSA) is 26.3 Å². The van der Waals surface area contributed by atoms with Crippen molar-refractivity contribution in [3.63, 3.8) is 0 Å². The van der Waals surface area contributed by atoms with Crippen molar-refractivity contribution < 1.29 is 9.53 Å². The van der Waals surface area contributed by atoms with Gasteiger partial charge in [-0.05, 0) is 26.0 Å². The van der Waals surface area contributed by atoms with Crippen LogP contribution in [-0.2, 0) is 9.53 Å². The smallest absolute Gasteiger partial charge is 0.312 e. The molecule has 65 valence electrons. The molecular weight excluding hydrogens is 183 g/mol. The minimum atomic E-state index is -0.0879. The van der Waals surface area contributed by atoms with E-state index in [1.807, 2.05) is 13.2 Å². The van der Waals surface area contributed by atoms with Crippen LogP contribution in [0.15, 0.2) is 0 Å². The molecule has 0 N–H and O–H groups in total. The zero-order valence-electron chi connectivity index (χ0n) is 8.05. The Morgan fingerprint density at radius 1 is 1.58 bits per heavy atom. The molecule has 1 aliphatic carbocycles. The van der Waals surface area contributed by atoms with E-state index in [-0.39, 0.29) is 40.9 Å². The maximum absolute atomic E-state index is 11.3. The van der Waals surface area contributed by atoms with Crippen molar-refractivity contribution in [3.8, 4) is 0 Å². The fraction of sp³-hybridized carbons (Fsp3) is 0.875. The molecule has 1 saturated carbocycles. The molecular formula is C8H14NaO2S. The predicted octanol–water partition coefficient (Wildman–Crippen LogP) is 1.31. The van der Waals surface area contributed by atoms with Crippen molar-refractivity contribution >= 4 is 47.3 Å². The largest absolute Gasteiger partial charge is 0.466 e. The van der Waals surface area contributed by atoms with Crippen LogP contribution in [0.25, 0.3) is 0 Å². The van der Waals surface area contributed by atoms with Gasteiger partial charge < -0.3 is 4.74 Å². The molecule has 1 rings (SSSR count). The summed E-state index contributed by atoms with van der Waals surface area (Å²) in [6.45, 7) is 2.36. The predicted molar refractivity (Wildman–Crippen MR) is 52.4 cm³/mol. The average Bonchev–Trinajstić information content (AvgIpc) is 2.71. The molecule has 1 aliphatic rings. The van der Waals surface area contributed by atoms with E-state index in [1.54, 1.807) is 11.8 Å². The molecule has 0 aromatic rings. The molecule has 0 spiro atoms. The first-order valence-corrected chi connectivity index (χ1v) is 5.31. The van der Waals surface area contributed by atoms with Crippen LogP contribution in [0.3, 0.4) is 0 Å². The Kier molecular flexibility index (Phi) is 5.91. The zero-order chi connectivity index (χ0) is 8.32. The minimum absolute atomic E-state index is 0. The van der Waals surface area contributed by atoms with Crippen molar-refractivity contribution in [3.05, 3.63) is 0 Å². The zero-order valence-corrected chi connectivity index (χ0v) is 10.9. The monoisotopic (exact) mass is 197 g/mol. The van der Waals surface area contributed by atoms with Gasteiger partial charge in [0.25, 0.3) is 0 Å². The summed E-state index contributed by atoms with van der Waals surface area (Å²) in [7, 11) is 0. The summed E-state index contributed by atoms with van der Waals surface area (Å²) in [5.74, 6) is 0.931. The number of esters is 1. The summed E-state index contributed by atoms with van der Waals surface area (Å²) in [4.78, 5) is 11.3. The van der Waals surface area contributed by atoms with Gasteiger partial charge in [-0.1, -0.05) is 0 Å². The van der Waals surface area contributed by atoms with Crippen LogP contribution in [-0.4, -0.2) is 54.1 Å². The van der Waals surface area contributed by atoms with E-state index in [0.717, 1.165) is 18.6 Å². The van der Waals surface area contributed by atoms with Crippen LogP contribution >= 0.6 is 11.8 Å². The third-order valence-corrected chi connectivity index (χ3v) is 2.82. The van der Waals surface area contributed by atoms with Crippen LogP contribution in [0.5, 0.6) is 0 Å². The van der Waals surface area contributed by atoms with Gasteiger partial charge in [-0.3, -0.25) is 4.79 Å². The van der Waals surface area contributed by atoms with Gasteiger partial charge in [-0.15, -0.1) is 0 Å².